The minimum atomic E-state index is -4.27. The largest absolute Gasteiger partial charge is 0.416 e. The van der Waals surface area contributed by atoms with Crippen molar-refractivity contribution in [2.24, 2.45) is 5.73 Å². The summed E-state index contributed by atoms with van der Waals surface area (Å²) in [5, 5.41) is 0. The van der Waals surface area contributed by atoms with E-state index in [4.69, 9.17) is 5.73 Å². The van der Waals surface area contributed by atoms with Gasteiger partial charge in [-0.15, -0.1) is 0 Å². The molecule has 2 N–H and O–H groups in total. The maximum atomic E-state index is 12.2. The van der Waals surface area contributed by atoms with E-state index in [0.717, 1.165) is 30.5 Å². The molecule has 0 saturated carbocycles. The Balaban J connectivity index is 2.81. The van der Waals surface area contributed by atoms with Crippen molar-refractivity contribution in [2.45, 2.75) is 32.0 Å². The number of rotatable bonds is 3. The van der Waals surface area contributed by atoms with Gasteiger partial charge in [-0.05, 0) is 24.1 Å². The normalized spacial score (nSPS) is 13.9. The maximum Gasteiger partial charge on any atom is 0.416 e. The van der Waals surface area contributed by atoms with Crippen LogP contribution >= 0.6 is 0 Å². The van der Waals surface area contributed by atoms with E-state index >= 15 is 0 Å². The number of halogens is 3. The second-order valence-electron chi connectivity index (χ2n) is 3.51. The molecule has 0 amide bonds. The molecule has 0 aliphatic heterocycles. The number of nitrogens with two attached hydrogens (primary N) is 1. The highest BCUT2D eigenvalue weighted by molar-refractivity contribution is 5.26. The second kappa shape index (κ2) is 4.66. The fraction of sp³-hybridized carbons (Fsp3) is 0.455. The molecule has 4 heteroatoms. The van der Waals surface area contributed by atoms with Gasteiger partial charge in [0.2, 0.25) is 0 Å². The molecular weight excluding hydrogens is 203 g/mol. The quantitative estimate of drug-likeness (QED) is 0.823. The van der Waals surface area contributed by atoms with E-state index in [0.29, 0.717) is 0 Å². The molecule has 1 rings (SSSR count). The van der Waals surface area contributed by atoms with Gasteiger partial charge in [-0.25, -0.2) is 0 Å². The van der Waals surface area contributed by atoms with E-state index in [1.165, 1.54) is 12.1 Å². The summed E-state index contributed by atoms with van der Waals surface area (Å²) in [6, 6.07) is 4.87. The molecule has 0 heterocycles. The summed E-state index contributed by atoms with van der Waals surface area (Å²) < 4.78 is 36.7. The van der Waals surface area contributed by atoms with Crippen LogP contribution in [0.2, 0.25) is 0 Å². The van der Waals surface area contributed by atoms with E-state index in [9.17, 15) is 13.2 Å². The molecule has 0 fully saturated rings. The van der Waals surface area contributed by atoms with Crippen molar-refractivity contribution in [2.75, 3.05) is 0 Å². The highest BCUT2D eigenvalue weighted by atomic mass is 19.4. The topological polar surface area (TPSA) is 26.0 Å². The predicted molar refractivity (Wildman–Crippen MR) is 53.3 cm³/mol. The van der Waals surface area contributed by atoms with Gasteiger partial charge in [-0.1, -0.05) is 25.5 Å². The Kier molecular flexibility index (Phi) is 3.74. The monoisotopic (exact) mass is 217 g/mol. The van der Waals surface area contributed by atoms with Crippen LogP contribution in [0.15, 0.2) is 24.3 Å². The molecule has 1 aromatic carbocycles. The molecule has 1 atom stereocenters. The fourth-order valence-corrected chi connectivity index (χ4v) is 1.40. The Morgan fingerprint density at radius 3 is 2.13 bits per heavy atom. The Morgan fingerprint density at radius 1 is 1.20 bits per heavy atom. The van der Waals surface area contributed by atoms with Crippen LogP contribution in [-0.2, 0) is 6.18 Å². The third-order valence-corrected chi connectivity index (χ3v) is 2.27. The van der Waals surface area contributed by atoms with Crippen molar-refractivity contribution in [3.05, 3.63) is 35.4 Å². The first-order valence-electron chi connectivity index (χ1n) is 4.88. The smallest absolute Gasteiger partial charge is 0.324 e. The van der Waals surface area contributed by atoms with Crippen molar-refractivity contribution >= 4 is 0 Å². The molecular formula is C11H14F3N. The number of benzene rings is 1. The van der Waals surface area contributed by atoms with Gasteiger partial charge in [0.15, 0.2) is 0 Å². The van der Waals surface area contributed by atoms with Gasteiger partial charge < -0.3 is 5.73 Å². The van der Waals surface area contributed by atoms with Crippen molar-refractivity contribution in [3.63, 3.8) is 0 Å². The van der Waals surface area contributed by atoms with Gasteiger partial charge >= 0.3 is 6.18 Å². The summed E-state index contributed by atoms with van der Waals surface area (Å²) in [7, 11) is 0. The van der Waals surface area contributed by atoms with Crippen LogP contribution in [0.3, 0.4) is 0 Å². The molecule has 0 aromatic heterocycles. The third-order valence-electron chi connectivity index (χ3n) is 2.27. The van der Waals surface area contributed by atoms with Crippen LogP contribution in [-0.4, -0.2) is 0 Å². The van der Waals surface area contributed by atoms with Crippen LogP contribution in [0.5, 0.6) is 0 Å². The maximum absolute atomic E-state index is 12.2. The SMILES string of the molecule is CCC[C@H](N)c1ccc(C(F)(F)F)cc1. The molecule has 15 heavy (non-hydrogen) atoms. The highest BCUT2D eigenvalue weighted by Crippen LogP contribution is 2.30. The van der Waals surface area contributed by atoms with E-state index in [1.54, 1.807) is 0 Å². The molecule has 0 bridgehead atoms. The van der Waals surface area contributed by atoms with Crippen LogP contribution < -0.4 is 5.73 Å². The fourth-order valence-electron chi connectivity index (χ4n) is 1.40. The molecule has 0 saturated heterocycles. The molecule has 0 aliphatic rings. The van der Waals surface area contributed by atoms with Crippen LogP contribution in [0.1, 0.15) is 36.9 Å². The average Bonchev–Trinajstić information content (AvgIpc) is 2.17. The van der Waals surface area contributed by atoms with Gasteiger partial charge in [0.1, 0.15) is 0 Å². The van der Waals surface area contributed by atoms with E-state index in [1.807, 2.05) is 6.92 Å². The Bertz CT molecular complexity index is 303. The lowest BCUT2D eigenvalue weighted by Gasteiger charge is -2.12. The zero-order valence-corrected chi connectivity index (χ0v) is 8.51. The van der Waals surface area contributed by atoms with Crippen LogP contribution in [0.4, 0.5) is 13.2 Å². The molecule has 0 spiro atoms. The Labute approximate surface area is 87.1 Å². The van der Waals surface area contributed by atoms with Crippen molar-refractivity contribution in [1.29, 1.82) is 0 Å². The summed E-state index contributed by atoms with van der Waals surface area (Å²) in [6.45, 7) is 1.99. The first-order chi connectivity index (χ1) is 6.95. The molecule has 0 unspecified atom stereocenters. The lowest BCUT2D eigenvalue weighted by molar-refractivity contribution is -0.137. The minimum absolute atomic E-state index is 0.169. The van der Waals surface area contributed by atoms with Gasteiger partial charge in [0, 0.05) is 6.04 Å². The van der Waals surface area contributed by atoms with Crippen molar-refractivity contribution in [1.82, 2.24) is 0 Å². The van der Waals surface area contributed by atoms with Gasteiger partial charge in [0.25, 0.3) is 0 Å². The number of alkyl halides is 3. The van der Waals surface area contributed by atoms with E-state index in [-0.39, 0.29) is 6.04 Å². The first-order valence-corrected chi connectivity index (χ1v) is 4.88. The average molecular weight is 217 g/mol. The summed E-state index contributed by atoms with van der Waals surface area (Å²) in [6.07, 6.45) is -2.57. The van der Waals surface area contributed by atoms with Gasteiger partial charge in [-0.2, -0.15) is 13.2 Å². The predicted octanol–water partition coefficient (Wildman–Crippen LogP) is 3.51. The first kappa shape index (κ1) is 12.0. The number of hydrogen-bond donors (Lipinski definition) is 1. The molecule has 1 nitrogen and oxygen atoms in total. The highest BCUT2D eigenvalue weighted by Gasteiger charge is 2.30. The Morgan fingerprint density at radius 2 is 1.73 bits per heavy atom. The van der Waals surface area contributed by atoms with E-state index < -0.39 is 11.7 Å². The standard InChI is InChI=1S/C11H14F3N/c1-2-3-10(15)8-4-6-9(7-5-8)11(12,13)14/h4-7,10H,2-3,15H2,1H3/t10-/m0/s1. The molecule has 1 aromatic rings. The molecule has 84 valence electrons. The summed E-state index contributed by atoms with van der Waals surface area (Å²) in [5.41, 5.74) is 5.91. The lowest BCUT2D eigenvalue weighted by atomic mass is 10.0. The minimum Gasteiger partial charge on any atom is -0.324 e. The van der Waals surface area contributed by atoms with Crippen molar-refractivity contribution < 1.29 is 13.2 Å². The Hall–Kier alpha value is -1.03. The summed E-state index contributed by atoms with van der Waals surface area (Å²) in [5.74, 6) is 0. The summed E-state index contributed by atoms with van der Waals surface area (Å²) >= 11 is 0. The van der Waals surface area contributed by atoms with Crippen molar-refractivity contribution in [3.8, 4) is 0 Å². The van der Waals surface area contributed by atoms with E-state index in [2.05, 4.69) is 0 Å². The molecule has 0 aliphatic carbocycles. The zero-order chi connectivity index (χ0) is 11.5. The number of hydrogen-bond acceptors (Lipinski definition) is 1. The summed E-state index contributed by atoms with van der Waals surface area (Å²) in [4.78, 5) is 0. The lowest BCUT2D eigenvalue weighted by Crippen LogP contribution is -2.11. The van der Waals surface area contributed by atoms with Gasteiger partial charge in [0.05, 0.1) is 5.56 Å². The van der Waals surface area contributed by atoms with Crippen LogP contribution in [0, 0.1) is 0 Å². The van der Waals surface area contributed by atoms with Crippen LogP contribution in [0.25, 0.3) is 0 Å². The molecule has 0 radical (unpaired) electrons. The van der Waals surface area contributed by atoms with Gasteiger partial charge in [-0.3, -0.25) is 0 Å². The third kappa shape index (κ3) is 3.23. The second-order valence-corrected chi connectivity index (χ2v) is 3.51. The zero-order valence-electron chi connectivity index (χ0n) is 8.51.